The molecule has 0 unspecified atom stereocenters. The lowest BCUT2D eigenvalue weighted by molar-refractivity contribution is -0.134. The molecule has 0 spiro atoms. The van der Waals surface area contributed by atoms with Crippen LogP contribution in [-0.4, -0.2) is 86.9 Å². The summed E-state index contributed by atoms with van der Waals surface area (Å²) in [7, 11) is 0. The third-order valence-corrected chi connectivity index (χ3v) is 11.2. The number of nitrogens with two attached hydrogens (primary N) is 2. The second-order valence-corrected chi connectivity index (χ2v) is 15.8. The van der Waals surface area contributed by atoms with Gasteiger partial charge < -0.3 is 37.8 Å². The lowest BCUT2D eigenvalue weighted by Gasteiger charge is -2.34. The minimum Gasteiger partial charge on any atom is -0.508 e. The predicted molar refractivity (Wildman–Crippen MR) is 201 cm³/mol. The minimum absolute atomic E-state index is 0.0873. The number of hydrogen-bond acceptors (Lipinski definition) is 9. The Morgan fingerprint density at radius 1 is 0.804 bits per heavy atom. The van der Waals surface area contributed by atoms with Gasteiger partial charge in [-0.2, -0.15) is 23.5 Å². The molecule has 5 atom stereocenters. The van der Waals surface area contributed by atoms with E-state index in [0.717, 1.165) is 16.7 Å². The number of thioether (sulfide) groups is 2. The number of benzene rings is 3. The van der Waals surface area contributed by atoms with E-state index in [9.17, 15) is 29.1 Å². The molecule has 0 aromatic heterocycles. The fraction of sp³-hybridized carbons (Fsp3) is 0.378. The third kappa shape index (κ3) is 12.0. The van der Waals surface area contributed by atoms with Crippen LogP contribution in [0.2, 0.25) is 0 Å². The topological polar surface area (TPSA) is 206 Å². The van der Waals surface area contributed by atoms with Crippen LogP contribution in [0.25, 0.3) is 0 Å². The summed E-state index contributed by atoms with van der Waals surface area (Å²) in [5, 5.41) is 20.8. The van der Waals surface area contributed by atoms with E-state index in [-0.39, 0.29) is 30.8 Å². The van der Waals surface area contributed by atoms with Crippen LogP contribution < -0.4 is 32.7 Å². The lowest BCUT2D eigenvalue weighted by atomic mass is 9.99. The fourth-order valence-corrected chi connectivity index (χ4v) is 7.89. The van der Waals surface area contributed by atoms with Gasteiger partial charge in [-0.1, -0.05) is 72.8 Å². The number of carbonyl (C=O) groups excluding carboxylic acids is 5. The van der Waals surface area contributed by atoms with Gasteiger partial charge in [0.25, 0.3) is 0 Å². The zero-order valence-corrected chi connectivity index (χ0v) is 30.3. The van der Waals surface area contributed by atoms with Crippen LogP contribution in [0.1, 0.15) is 30.5 Å². The van der Waals surface area contributed by atoms with E-state index in [1.165, 1.54) is 35.7 Å². The predicted octanol–water partition coefficient (Wildman–Crippen LogP) is 1.43. The molecule has 3 aromatic carbocycles. The third-order valence-electron chi connectivity index (χ3n) is 8.45. The van der Waals surface area contributed by atoms with Crippen molar-refractivity contribution in [2.75, 3.05) is 17.3 Å². The highest BCUT2D eigenvalue weighted by molar-refractivity contribution is 8.03. The first-order valence-electron chi connectivity index (χ1n) is 16.7. The van der Waals surface area contributed by atoms with Crippen molar-refractivity contribution in [2.24, 2.45) is 11.5 Å². The van der Waals surface area contributed by atoms with Crippen LogP contribution >= 0.6 is 23.5 Å². The second-order valence-electron chi connectivity index (χ2n) is 12.9. The Hall–Kier alpha value is -4.53. The highest BCUT2D eigenvalue weighted by Gasteiger charge is 2.38. The van der Waals surface area contributed by atoms with Gasteiger partial charge in [0.2, 0.25) is 29.5 Å². The van der Waals surface area contributed by atoms with E-state index >= 15 is 0 Å². The minimum atomic E-state index is -1.13. The van der Waals surface area contributed by atoms with Crippen molar-refractivity contribution in [3.63, 3.8) is 0 Å². The molecule has 4 rings (SSSR count). The van der Waals surface area contributed by atoms with Crippen molar-refractivity contribution in [1.82, 2.24) is 21.3 Å². The smallest absolute Gasteiger partial charge is 0.244 e. The van der Waals surface area contributed by atoms with Crippen molar-refractivity contribution in [1.29, 1.82) is 0 Å². The summed E-state index contributed by atoms with van der Waals surface area (Å²) in [5.41, 5.74) is 14.3. The Morgan fingerprint density at radius 2 is 1.33 bits per heavy atom. The summed E-state index contributed by atoms with van der Waals surface area (Å²) in [6, 6.07) is 19.2. The van der Waals surface area contributed by atoms with E-state index in [1.54, 1.807) is 12.1 Å². The lowest BCUT2D eigenvalue weighted by Crippen LogP contribution is -2.62. The molecule has 9 N–H and O–H groups in total. The monoisotopic (exact) mass is 734 g/mol. The standard InChI is InChI=1S/C37H46N6O6S2/c1-37(2)31(32(39)45)43-35(48)29(21-24-11-7-4-8-12-24)40-34(47)28(20-23-9-5-3-6-10-23)41-36(49)30(22-50-17-18-51-37)42-33(46)27(38)19-25-13-15-26(44)16-14-25/h3-16,27-31,44H,17-22,38H2,1-2H3,(H2,39,45)(H,40,47)(H,41,49)(H,42,46)(H,43,48)/t27-,28-,29-,30+,31-/m0/s1. The van der Waals surface area contributed by atoms with Crippen molar-refractivity contribution >= 4 is 53.1 Å². The van der Waals surface area contributed by atoms with Crippen LogP contribution in [0.5, 0.6) is 5.75 Å². The van der Waals surface area contributed by atoms with Gasteiger partial charge in [0.15, 0.2) is 0 Å². The summed E-state index contributed by atoms with van der Waals surface area (Å²) >= 11 is 2.84. The molecule has 3 aromatic rings. The number of aromatic hydroxyl groups is 1. The molecule has 14 heteroatoms. The van der Waals surface area contributed by atoms with Gasteiger partial charge in [0, 0.05) is 34.8 Å². The first kappa shape index (κ1) is 39.3. The van der Waals surface area contributed by atoms with Gasteiger partial charge in [0.05, 0.1) is 6.04 Å². The van der Waals surface area contributed by atoms with E-state index in [2.05, 4.69) is 21.3 Å². The molecular weight excluding hydrogens is 689 g/mol. The molecule has 0 radical (unpaired) electrons. The molecule has 51 heavy (non-hydrogen) atoms. The summed E-state index contributed by atoms with van der Waals surface area (Å²) in [6.45, 7) is 3.63. The molecule has 1 heterocycles. The van der Waals surface area contributed by atoms with Gasteiger partial charge in [-0.15, -0.1) is 0 Å². The Balaban J connectivity index is 1.64. The Labute approximate surface area is 306 Å². The van der Waals surface area contributed by atoms with Crippen LogP contribution in [0.15, 0.2) is 84.9 Å². The second kappa shape index (κ2) is 18.6. The number of nitrogens with one attached hydrogen (secondary N) is 4. The molecule has 0 bridgehead atoms. The number of carbonyl (C=O) groups is 5. The molecule has 0 saturated carbocycles. The number of phenols is 1. The van der Waals surface area contributed by atoms with Crippen LogP contribution in [0.4, 0.5) is 0 Å². The molecule has 12 nitrogen and oxygen atoms in total. The van der Waals surface area contributed by atoms with Gasteiger partial charge >= 0.3 is 0 Å². The number of amides is 5. The number of rotatable bonds is 9. The van der Waals surface area contributed by atoms with Gasteiger partial charge in [-0.3, -0.25) is 24.0 Å². The van der Waals surface area contributed by atoms with Crippen LogP contribution in [0.3, 0.4) is 0 Å². The molecule has 1 aliphatic rings. The highest BCUT2D eigenvalue weighted by atomic mass is 32.2. The Morgan fingerprint density at radius 3 is 1.88 bits per heavy atom. The Bertz CT molecular complexity index is 1640. The van der Waals surface area contributed by atoms with Crippen molar-refractivity contribution in [3.8, 4) is 5.75 Å². The molecule has 272 valence electrons. The van der Waals surface area contributed by atoms with Crippen molar-refractivity contribution in [2.45, 2.75) is 68.1 Å². The number of primary amides is 1. The van der Waals surface area contributed by atoms with E-state index in [0.29, 0.717) is 11.5 Å². The fourth-order valence-electron chi connectivity index (χ4n) is 5.58. The molecule has 1 saturated heterocycles. The van der Waals surface area contributed by atoms with Crippen molar-refractivity contribution in [3.05, 3.63) is 102 Å². The molecular formula is C37H46N6O6S2. The number of phenolic OH excluding ortho intramolecular Hbond substituents is 1. The van der Waals surface area contributed by atoms with E-state index in [1.807, 2.05) is 74.5 Å². The summed E-state index contributed by atoms with van der Waals surface area (Å²) < 4.78 is -0.817. The summed E-state index contributed by atoms with van der Waals surface area (Å²) in [5.74, 6) is -1.72. The van der Waals surface area contributed by atoms with Crippen LogP contribution in [-0.2, 0) is 43.2 Å². The number of hydrogen-bond donors (Lipinski definition) is 7. The molecule has 1 aliphatic heterocycles. The summed E-state index contributed by atoms with van der Waals surface area (Å²) in [6.07, 6.45) is 0.377. The van der Waals surface area contributed by atoms with Gasteiger partial charge in [-0.25, -0.2) is 0 Å². The van der Waals surface area contributed by atoms with Gasteiger partial charge in [-0.05, 0) is 49.1 Å². The first-order chi connectivity index (χ1) is 24.3. The molecule has 1 fully saturated rings. The van der Waals surface area contributed by atoms with Gasteiger partial charge in [0.1, 0.15) is 29.9 Å². The maximum Gasteiger partial charge on any atom is 0.244 e. The SMILES string of the molecule is CC1(C)SCCSC[C@@H](NC(=O)[C@@H](N)Cc2ccc(O)cc2)C(=O)N[C@@H](Cc2ccccc2)C(=O)N[C@@H](Cc2ccccc2)C(=O)N[C@H]1C(N)=O. The zero-order chi connectivity index (χ0) is 37.0. The normalized spacial score (nSPS) is 22.5. The maximum absolute atomic E-state index is 14.1. The zero-order valence-electron chi connectivity index (χ0n) is 28.7. The molecule has 5 amide bonds. The molecule has 0 aliphatic carbocycles. The highest BCUT2D eigenvalue weighted by Crippen LogP contribution is 2.29. The average molecular weight is 735 g/mol. The summed E-state index contributed by atoms with van der Waals surface area (Å²) in [4.78, 5) is 67.9. The maximum atomic E-state index is 14.1. The van der Waals surface area contributed by atoms with Crippen LogP contribution in [0, 0.1) is 0 Å². The van der Waals surface area contributed by atoms with E-state index in [4.69, 9.17) is 11.5 Å². The first-order valence-corrected chi connectivity index (χ1v) is 18.8. The average Bonchev–Trinajstić information content (AvgIpc) is 3.10. The Kier molecular flexibility index (Phi) is 14.3. The largest absolute Gasteiger partial charge is 0.508 e. The van der Waals surface area contributed by atoms with E-state index < -0.39 is 64.5 Å². The van der Waals surface area contributed by atoms with Crippen molar-refractivity contribution < 1.29 is 29.1 Å². The quantitative estimate of drug-likeness (QED) is 0.170.